The summed E-state index contributed by atoms with van der Waals surface area (Å²) >= 11 is 0. The molecule has 2 aliphatic rings. The Balaban J connectivity index is 1.80. The van der Waals surface area contributed by atoms with Gasteiger partial charge in [-0.2, -0.15) is 0 Å². The largest absolute Gasteiger partial charge is 0.378 e. The SMILES string of the molecule is CCOC1CC(NC2CCCC(C(C)C)CC2)C1(C)C. The molecule has 2 rings (SSSR count). The van der Waals surface area contributed by atoms with Crippen molar-refractivity contribution >= 4 is 0 Å². The van der Waals surface area contributed by atoms with Gasteiger partial charge in [-0.05, 0) is 44.4 Å². The summed E-state index contributed by atoms with van der Waals surface area (Å²) in [6, 6.07) is 1.39. The van der Waals surface area contributed by atoms with Crippen LogP contribution >= 0.6 is 0 Å². The Bertz CT molecular complexity index is 300. The quantitative estimate of drug-likeness (QED) is 0.755. The molecule has 20 heavy (non-hydrogen) atoms. The van der Waals surface area contributed by atoms with Crippen molar-refractivity contribution in [1.82, 2.24) is 5.32 Å². The van der Waals surface area contributed by atoms with Crippen molar-refractivity contribution in [3.63, 3.8) is 0 Å². The molecule has 4 atom stereocenters. The molecule has 0 aromatic carbocycles. The van der Waals surface area contributed by atoms with Crippen LogP contribution in [0.2, 0.25) is 0 Å². The second-order valence-electron chi connectivity index (χ2n) is 7.93. The smallest absolute Gasteiger partial charge is 0.0655 e. The third kappa shape index (κ3) is 3.57. The highest BCUT2D eigenvalue weighted by molar-refractivity contribution is 5.03. The van der Waals surface area contributed by atoms with Crippen LogP contribution in [0, 0.1) is 17.3 Å². The van der Waals surface area contributed by atoms with Gasteiger partial charge in [-0.3, -0.25) is 0 Å². The maximum atomic E-state index is 5.85. The first-order valence-electron chi connectivity index (χ1n) is 8.82. The van der Waals surface area contributed by atoms with Crippen molar-refractivity contribution < 1.29 is 4.74 Å². The molecular formula is C18H35NO. The van der Waals surface area contributed by atoms with E-state index in [4.69, 9.17) is 4.74 Å². The zero-order chi connectivity index (χ0) is 14.8. The molecule has 0 amide bonds. The number of hydrogen-bond acceptors (Lipinski definition) is 2. The average molecular weight is 281 g/mol. The molecular weight excluding hydrogens is 246 g/mol. The molecule has 0 aromatic heterocycles. The Hall–Kier alpha value is -0.0800. The Labute approximate surface area is 126 Å². The lowest BCUT2D eigenvalue weighted by Gasteiger charge is -2.53. The van der Waals surface area contributed by atoms with E-state index in [0.29, 0.717) is 17.6 Å². The van der Waals surface area contributed by atoms with Gasteiger partial charge in [-0.1, -0.05) is 40.5 Å². The maximum absolute atomic E-state index is 5.85. The maximum Gasteiger partial charge on any atom is 0.0655 e. The summed E-state index contributed by atoms with van der Waals surface area (Å²) in [5.41, 5.74) is 0.305. The molecule has 0 bridgehead atoms. The summed E-state index contributed by atoms with van der Waals surface area (Å²) in [6.07, 6.45) is 8.65. The Kier molecular flexibility index (Phi) is 5.53. The van der Waals surface area contributed by atoms with Crippen molar-refractivity contribution in [2.24, 2.45) is 17.3 Å². The molecule has 0 heterocycles. The molecule has 0 spiro atoms. The molecule has 4 unspecified atom stereocenters. The van der Waals surface area contributed by atoms with Gasteiger partial charge in [0.15, 0.2) is 0 Å². The van der Waals surface area contributed by atoms with E-state index in [0.717, 1.165) is 24.5 Å². The van der Waals surface area contributed by atoms with Crippen LogP contribution in [0.5, 0.6) is 0 Å². The minimum absolute atomic E-state index is 0.305. The first-order valence-corrected chi connectivity index (χ1v) is 8.82. The molecule has 2 heteroatoms. The van der Waals surface area contributed by atoms with Crippen LogP contribution in [0.3, 0.4) is 0 Å². The normalized spacial score (nSPS) is 37.5. The summed E-state index contributed by atoms with van der Waals surface area (Å²) in [5, 5.41) is 3.95. The molecule has 2 fully saturated rings. The van der Waals surface area contributed by atoms with Gasteiger partial charge >= 0.3 is 0 Å². The van der Waals surface area contributed by atoms with Gasteiger partial charge in [0, 0.05) is 24.1 Å². The summed E-state index contributed by atoms with van der Waals surface area (Å²) in [7, 11) is 0. The van der Waals surface area contributed by atoms with Crippen molar-refractivity contribution in [2.45, 2.75) is 91.3 Å². The van der Waals surface area contributed by atoms with Crippen molar-refractivity contribution in [3.05, 3.63) is 0 Å². The van der Waals surface area contributed by atoms with Gasteiger partial charge in [0.1, 0.15) is 0 Å². The van der Waals surface area contributed by atoms with E-state index in [1.54, 1.807) is 0 Å². The fraction of sp³-hybridized carbons (Fsp3) is 1.00. The molecule has 2 saturated carbocycles. The minimum Gasteiger partial charge on any atom is -0.378 e. The first kappa shape index (κ1) is 16.3. The molecule has 0 radical (unpaired) electrons. The van der Waals surface area contributed by atoms with Crippen LogP contribution in [0.25, 0.3) is 0 Å². The predicted octanol–water partition coefficient (Wildman–Crippen LogP) is 4.38. The van der Waals surface area contributed by atoms with E-state index in [1.807, 2.05) is 0 Å². The van der Waals surface area contributed by atoms with E-state index >= 15 is 0 Å². The molecule has 0 aliphatic heterocycles. The first-order chi connectivity index (χ1) is 9.45. The third-order valence-electron chi connectivity index (χ3n) is 5.94. The Morgan fingerprint density at radius 3 is 2.50 bits per heavy atom. The van der Waals surface area contributed by atoms with E-state index in [-0.39, 0.29) is 0 Å². The van der Waals surface area contributed by atoms with Crippen LogP contribution in [0.4, 0.5) is 0 Å². The number of nitrogens with one attached hydrogen (secondary N) is 1. The van der Waals surface area contributed by atoms with Gasteiger partial charge in [-0.15, -0.1) is 0 Å². The van der Waals surface area contributed by atoms with Crippen molar-refractivity contribution in [3.8, 4) is 0 Å². The lowest BCUT2D eigenvalue weighted by atomic mass is 9.64. The zero-order valence-electron chi connectivity index (χ0n) is 14.2. The van der Waals surface area contributed by atoms with Gasteiger partial charge < -0.3 is 10.1 Å². The number of hydrogen-bond donors (Lipinski definition) is 1. The van der Waals surface area contributed by atoms with Crippen LogP contribution in [-0.2, 0) is 4.74 Å². The zero-order valence-corrected chi connectivity index (χ0v) is 14.2. The number of rotatable bonds is 5. The highest BCUT2D eigenvalue weighted by Crippen LogP contribution is 2.43. The lowest BCUT2D eigenvalue weighted by molar-refractivity contribution is -0.116. The molecule has 118 valence electrons. The summed E-state index contributed by atoms with van der Waals surface area (Å²) in [6.45, 7) is 12.5. The van der Waals surface area contributed by atoms with Crippen LogP contribution in [0.1, 0.15) is 73.1 Å². The highest BCUT2D eigenvalue weighted by atomic mass is 16.5. The Morgan fingerprint density at radius 2 is 1.90 bits per heavy atom. The standard InChI is InChI=1S/C18H35NO/c1-6-20-17-12-16(18(17,4)5)19-15-9-7-8-14(10-11-15)13(2)3/h13-17,19H,6-12H2,1-5H3. The van der Waals surface area contributed by atoms with Crippen LogP contribution in [0.15, 0.2) is 0 Å². The highest BCUT2D eigenvalue weighted by Gasteiger charge is 2.49. The molecule has 2 nitrogen and oxygen atoms in total. The van der Waals surface area contributed by atoms with E-state index < -0.39 is 0 Å². The van der Waals surface area contributed by atoms with Gasteiger partial charge in [-0.25, -0.2) is 0 Å². The van der Waals surface area contributed by atoms with Crippen molar-refractivity contribution in [2.75, 3.05) is 6.61 Å². The van der Waals surface area contributed by atoms with Gasteiger partial charge in [0.05, 0.1) is 6.10 Å². The lowest BCUT2D eigenvalue weighted by Crippen LogP contribution is -2.62. The van der Waals surface area contributed by atoms with E-state index in [9.17, 15) is 0 Å². The predicted molar refractivity (Wildman–Crippen MR) is 85.9 cm³/mol. The van der Waals surface area contributed by atoms with E-state index in [1.165, 1.54) is 38.5 Å². The molecule has 1 N–H and O–H groups in total. The van der Waals surface area contributed by atoms with Crippen LogP contribution < -0.4 is 5.32 Å². The van der Waals surface area contributed by atoms with E-state index in [2.05, 4.69) is 39.9 Å². The second-order valence-corrected chi connectivity index (χ2v) is 7.93. The topological polar surface area (TPSA) is 21.3 Å². The van der Waals surface area contributed by atoms with Crippen molar-refractivity contribution in [1.29, 1.82) is 0 Å². The second kappa shape index (κ2) is 6.79. The molecule has 2 aliphatic carbocycles. The molecule has 0 aromatic rings. The fourth-order valence-electron chi connectivity index (χ4n) is 4.10. The monoisotopic (exact) mass is 281 g/mol. The third-order valence-corrected chi connectivity index (χ3v) is 5.94. The minimum atomic E-state index is 0.305. The van der Waals surface area contributed by atoms with Gasteiger partial charge in [0.2, 0.25) is 0 Å². The summed E-state index contributed by atoms with van der Waals surface area (Å²) in [4.78, 5) is 0. The average Bonchev–Trinajstić information content (AvgIpc) is 2.63. The summed E-state index contributed by atoms with van der Waals surface area (Å²) < 4.78 is 5.85. The molecule has 0 saturated heterocycles. The van der Waals surface area contributed by atoms with Gasteiger partial charge in [0.25, 0.3) is 0 Å². The fourth-order valence-corrected chi connectivity index (χ4v) is 4.10. The number of ether oxygens (including phenoxy) is 1. The Morgan fingerprint density at radius 1 is 1.15 bits per heavy atom. The summed E-state index contributed by atoms with van der Waals surface area (Å²) in [5.74, 6) is 1.81. The van der Waals surface area contributed by atoms with Crippen LogP contribution in [-0.4, -0.2) is 24.8 Å².